The zero-order valence-corrected chi connectivity index (χ0v) is 16.8. The summed E-state index contributed by atoms with van der Waals surface area (Å²) in [5, 5.41) is 19.8. The van der Waals surface area contributed by atoms with Crippen molar-refractivity contribution in [3.05, 3.63) is 58.7 Å². The molecule has 0 radical (unpaired) electrons. The molecular formula is C22H27NOS. The molecule has 0 aliphatic heterocycles. The van der Waals surface area contributed by atoms with E-state index in [2.05, 4.69) is 59.7 Å². The van der Waals surface area contributed by atoms with Gasteiger partial charge in [0, 0.05) is 21.8 Å². The van der Waals surface area contributed by atoms with Crippen molar-refractivity contribution >= 4 is 11.8 Å². The Morgan fingerprint density at radius 1 is 0.960 bits per heavy atom. The SMILES string of the molecule is CC(C)(C)c1cc(SCc2cccc(C#N)c2)cc(C(C)(C)C)c1O. The number of benzene rings is 2. The van der Waals surface area contributed by atoms with Gasteiger partial charge in [0.25, 0.3) is 0 Å². The highest BCUT2D eigenvalue weighted by atomic mass is 32.2. The summed E-state index contributed by atoms with van der Waals surface area (Å²) in [5.74, 6) is 1.21. The topological polar surface area (TPSA) is 44.0 Å². The molecule has 0 aromatic heterocycles. The maximum absolute atomic E-state index is 10.8. The highest BCUT2D eigenvalue weighted by Crippen LogP contribution is 2.42. The van der Waals surface area contributed by atoms with Crippen molar-refractivity contribution in [1.82, 2.24) is 0 Å². The molecule has 0 unspecified atom stereocenters. The number of phenolic OH excluding ortho intramolecular Hbond substituents is 1. The predicted molar refractivity (Wildman–Crippen MR) is 106 cm³/mol. The lowest BCUT2D eigenvalue weighted by molar-refractivity contribution is 0.422. The molecule has 2 nitrogen and oxygen atoms in total. The van der Waals surface area contributed by atoms with Crippen molar-refractivity contribution in [2.75, 3.05) is 0 Å². The van der Waals surface area contributed by atoms with Crippen LogP contribution in [0.3, 0.4) is 0 Å². The fraction of sp³-hybridized carbons (Fsp3) is 0.409. The lowest BCUT2D eigenvalue weighted by atomic mass is 9.79. The van der Waals surface area contributed by atoms with Gasteiger partial charge in [-0.05, 0) is 40.7 Å². The van der Waals surface area contributed by atoms with Gasteiger partial charge in [0.1, 0.15) is 5.75 Å². The fourth-order valence-corrected chi connectivity index (χ4v) is 3.65. The monoisotopic (exact) mass is 353 g/mol. The lowest BCUT2D eigenvalue weighted by Crippen LogP contribution is -2.17. The lowest BCUT2D eigenvalue weighted by Gasteiger charge is -2.28. The Hall–Kier alpha value is -1.92. The summed E-state index contributed by atoms with van der Waals surface area (Å²) in [6.45, 7) is 12.7. The van der Waals surface area contributed by atoms with Gasteiger partial charge >= 0.3 is 0 Å². The number of hydrogen-bond donors (Lipinski definition) is 1. The third-order valence-corrected chi connectivity index (χ3v) is 5.21. The van der Waals surface area contributed by atoms with E-state index in [1.165, 1.54) is 0 Å². The molecule has 3 heteroatoms. The maximum Gasteiger partial charge on any atom is 0.123 e. The molecule has 0 amide bonds. The first-order valence-corrected chi connectivity index (χ1v) is 9.51. The highest BCUT2D eigenvalue weighted by molar-refractivity contribution is 7.98. The van der Waals surface area contributed by atoms with Crippen molar-refractivity contribution in [3.63, 3.8) is 0 Å². The Kier molecular flexibility index (Phi) is 5.54. The average Bonchev–Trinajstić information content (AvgIpc) is 2.51. The zero-order chi connectivity index (χ0) is 18.8. The minimum absolute atomic E-state index is 0.124. The van der Waals surface area contributed by atoms with Gasteiger partial charge in [-0.25, -0.2) is 0 Å². The number of nitrogens with zero attached hydrogens (tertiary/aromatic N) is 1. The average molecular weight is 354 g/mol. The van der Waals surface area contributed by atoms with Gasteiger partial charge in [0.2, 0.25) is 0 Å². The van der Waals surface area contributed by atoms with Crippen molar-refractivity contribution in [2.45, 2.75) is 63.0 Å². The van der Waals surface area contributed by atoms with Gasteiger partial charge in [0.15, 0.2) is 0 Å². The second-order valence-electron chi connectivity index (χ2n) is 8.47. The number of phenols is 1. The van der Waals surface area contributed by atoms with Gasteiger partial charge in [-0.2, -0.15) is 5.26 Å². The van der Waals surface area contributed by atoms with Crippen LogP contribution in [0.2, 0.25) is 0 Å². The summed E-state index contributed by atoms with van der Waals surface area (Å²) in [6.07, 6.45) is 0. The number of thioether (sulfide) groups is 1. The van der Waals surface area contributed by atoms with E-state index >= 15 is 0 Å². The predicted octanol–water partition coefficient (Wildman–Crippen LogP) is 6.15. The van der Waals surface area contributed by atoms with Crippen molar-refractivity contribution < 1.29 is 5.11 Å². The van der Waals surface area contributed by atoms with Crippen LogP contribution in [0.4, 0.5) is 0 Å². The number of rotatable bonds is 3. The first kappa shape index (κ1) is 19.4. The second-order valence-corrected chi connectivity index (χ2v) is 9.52. The zero-order valence-electron chi connectivity index (χ0n) is 16.0. The molecule has 0 spiro atoms. The van der Waals surface area contributed by atoms with Gasteiger partial charge in [0.05, 0.1) is 11.6 Å². The minimum Gasteiger partial charge on any atom is -0.507 e. The molecule has 132 valence electrons. The van der Waals surface area contributed by atoms with Crippen LogP contribution in [-0.2, 0) is 16.6 Å². The molecule has 2 aromatic rings. The molecule has 1 N–H and O–H groups in total. The van der Waals surface area contributed by atoms with Gasteiger partial charge < -0.3 is 5.11 Å². The van der Waals surface area contributed by atoms with Crippen LogP contribution in [0.1, 0.15) is 63.8 Å². The Morgan fingerprint density at radius 2 is 1.52 bits per heavy atom. The van der Waals surface area contributed by atoms with Gasteiger partial charge in [-0.15, -0.1) is 11.8 Å². The Balaban J connectivity index is 2.39. The summed E-state index contributed by atoms with van der Waals surface area (Å²) in [5.41, 5.74) is 3.53. The largest absolute Gasteiger partial charge is 0.507 e. The Bertz CT molecular complexity index is 769. The van der Waals surface area contributed by atoms with Gasteiger partial charge in [-0.1, -0.05) is 53.7 Å². The van der Waals surface area contributed by atoms with E-state index in [9.17, 15) is 5.11 Å². The van der Waals surface area contributed by atoms with Crippen molar-refractivity contribution in [1.29, 1.82) is 5.26 Å². The molecule has 2 rings (SSSR count). The maximum atomic E-state index is 10.8. The van der Waals surface area contributed by atoms with E-state index in [4.69, 9.17) is 5.26 Å². The number of nitriles is 1. The van der Waals surface area contributed by atoms with Crippen molar-refractivity contribution in [3.8, 4) is 11.8 Å². The van der Waals surface area contributed by atoms with Gasteiger partial charge in [-0.3, -0.25) is 0 Å². The molecular weight excluding hydrogens is 326 g/mol. The third-order valence-electron chi connectivity index (χ3n) is 4.16. The molecule has 0 bridgehead atoms. The molecule has 0 aliphatic rings. The van der Waals surface area contributed by atoms with E-state index in [1.807, 2.05) is 24.3 Å². The van der Waals surface area contributed by atoms with E-state index in [0.717, 1.165) is 27.3 Å². The first-order chi connectivity index (χ1) is 11.5. The van der Waals surface area contributed by atoms with E-state index in [0.29, 0.717) is 11.3 Å². The highest BCUT2D eigenvalue weighted by Gasteiger charge is 2.26. The van der Waals surface area contributed by atoms with Crippen LogP contribution in [0.15, 0.2) is 41.3 Å². The van der Waals surface area contributed by atoms with Crippen LogP contribution in [0.25, 0.3) is 0 Å². The summed E-state index contributed by atoms with van der Waals surface area (Å²) >= 11 is 1.74. The van der Waals surface area contributed by atoms with E-state index in [1.54, 1.807) is 11.8 Å². The first-order valence-electron chi connectivity index (χ1n) is 8.52. The standard InChI is InChI=1S/C22H27NOS/c1-21(2,3)18-11-17(12-19(20(18)24)22(4,5)6)25-14-16-9-7-8-15(10-16)13-23/h7-12,24H,14H2,1-6H3. The summed E-state index contributed by atoms with van der Waals surface area (Å²) in [4.78, 5) is 1.15. The summed E-state index contributed by atoms with van der Waals surface area (Å²) < 4.78 is 0. The molecule has 0 fully saturated rings. The summed E-state index contributed by atoms with van der Waals surface area (Å²) in [6, 6.07) is 14.1. The smallest absolute Gasteiger partial charge is 0.123 e. The molecule has 0 heterocycles. The molecule has 0 saturated heterocycles. The molecule has 0 saturated carbocycles. The third kappa shape index (κ3) is 4.80. The van der Waals surface area contributed by atoms with Crippen molar-refractivity contribution in [2.24, 2.45) is 0 Å². The normalized spacial score (nSPS) is 12.0. The second kappa shape index (κ2) is 7.14. The minimum atomic E-state index is -0.124. The number of aromatic hydroxyl groups is 1. The Morgan fingerprint density at radius 3 is 2.00 bits per heavy atom. The van der Waals surface area contributed by atoms with Crippen LogP contribution >= 0.6 is 11.8 Å². The van der Waals surface area contributed by atoms with Crippen LogP contribution < -0.4 is 0 Å². The van der Waals surface area contributed by atoms with E-state index in [-0.39, 0.29) is 10.8 Å². The fourth-order valence-electron chi connectivity index (χ4n) is 2.73. The van der Waals surface area contributed by atoms with Crippen LogP contribution in [0, 0.1) is 11.3 Å². The summed E-state index contributed by atoms with van der Waals surface area (Å²) in [7, 11) is 0. The molecule has 2 aromatic carbocycles. The molecule has 25 heavy (non-hydrogen) atoms. The van der Waals surface area contributed by atoms with Crippen LogP contribution in [-0.4, -0.2) is 5.11 Å². The molecule has 0 aliphatic carbocycles. The molecule has 0 atom stereocenters. The van der Waals surface area contributed by atoms with Crippen LogP contribution in [0.5, 0.6) is 5.75 Å². The quantitative estimate of drug-likeness (QED) is 0.673. The Labute approximate surface area is 155 Å². The van der Waals surface area contributed by atoms with E-state index < -0.39 is 0 Å². The number of hydrogen-bond acceptors (Lipinski definition) is 3.